The largest absolute Gasteiger partial charge is 0.506 e. The SMILES string of the molecule is O=C(Nc1cc(Cl)ccc1O)c1cc(-c2ccc(Cl)cc2)n[nH]1. The first kappa shape index (κ1) is 15.4. The van der Waals surface area contributed by atoms with Crippen molar-refractivity contribution < 1.29 is 9.90 Å². The third-order valence-corrected chi connectivity index (χ3v) is 3.66. The summed E-state index contributed by atoms with van der Waals surface area (Å²) in [7, 11) is 0. The quantitative estimate of drug-likeness (QED) is 0.616. The highest BCUT2D eigenvalue weighted by atomic mass is 35.5. The zero-order valence-corrected chi connectivity index (χ0v) is 13.2. The minimum Gasteiger partial charge on any atom is -0.506 e. The molecule has 1 heterocycles. The molecule has 116 valence electrons. The number of nitrogens with zero attached hydrogens (tertiary/aromatic N) is 1. The molecular weight excluding hydrogens is 337 g/mol. The van der Waals surface area contributed by atoms with Gasteiger partial charge >= 0.3 is 0 Å². The summed E-state index contributed by atoms with van der Waals surface area (Å²) in [5.41, 5.74) is 1.93. The van der Waals surface area contributed by atoms with Crippen molar-refractivity contribution >= 4 is 34.8 Å². The fraction of sp³-hybridized carbons (Fsp3) is 0. The Labute approximate surface area is 141 Å². The fourth-order valence-corrected chi connectivity index (χ4v) is 2.30. The van der Waals surface area contributed by atoms with Crippen molar-refractivity contribution in [2.75, 3.05) is 5.32 Å². The van der Waals surface area contributed by atoms with Crippen molar-refractivity contribution in [3.8, 4) is 17.0 Å². The number of benzene rings is 2. The van der Waals surface area contributed by atoms with E-state index in [1.165, 1.54) is 18.2 Å². The summed E-state index contributed by atoms with van der Waals surface area (Å²) in [5.74, 6) is -0.504. The molecule has 0 unspecified atom stereocenters. The summed E-state index contributed by atoms with van der Waals surface area (Å²) in [6.07, 6.45) is 0. The summed E-state index contributed by atoms with van der Waals surface area (Å²) in [4.78, 5) is 12.2. The van der Waals surface area contributed by atoms with E-state index < -0.39 is 5.91 Å². The Balaban J connectivity index is 1.81. The zero-order chi connectivity index (χ0) is 16.4. The first-order valence-corrected chi connectivity index (χ1v) is 7.40. The average Bonchev–Trinajstić information content (AvgIpc) is 3.02. The number of H-pyrrole nitrogens is 1. The van der Waals surface area contributed by atoms with Crippen molar-refractivity contribution in [3.05, 3.63) is 64.3 Å². The lowest BCUT2D eigenvalue weighted by molar-refractivity contribution is 0.102. The average molecular weight is 348 g/mol. The molecule has 0 saturated carbocycles. The van der Waals surface area contributed by atoms with Gasteiger partial charge in [0.05, 0.1) is 11.4 Å². The Morgan fingerprint density at radius 3 is 2.48 bits per heavy atom. The van der Waals surface area contributed by atoms with Crippen molar-refractivity contribution in [1.82, 2.24) is 10.2 Å². The number of phenols is 1. The topological polar surface area (TPSA) is 78.0 Å². The van der Waals surface area contributed by atoms with Crippen molar-refractivity contribution in [2.24, 2.45) is 0 Å². The van der Waals surface area contributed by atoms with Crippen LogP contribution in [-0.2, 0) is 0 Å². The number of aromatic hydroxyl groups is 1. The molecule has 5 nitrogen and oxygen atoms in total. The number of hydrogen-bond donors (Lipinski definition) is 3. The summed E-state index contributed by atoms with van der Waals surface area (Å²) in [5, 5.41) is 20.1. The van der Waals surface area contributed by atoms with E-state index >= 15 is 0 Å². The van der Waals surface area contributed by atoms with Crippen LogP contribution in [0.3, 0.4) is 0 Å². The Bertz CT molecular complexity index is 860. The predicted molar refractivity (Wildman–Crippen MR) is 90.1 cm³/mol. The van der Waals surface area contributed by atoms with Gasteiger partial charge in [0.15, 0.2) is 0 Å². The van der Waals surface area contributed by atoms with Crippen LogP contribution in [0.5, 0.6) is 5.75 Å². The van der Waals surface area contributed by atoms with Gasteiger partial charge in [-0.05, 0) is 36.4 Å². The molecule has 0 aliphatic rings. The van der Waals surface area contributed by atoms with Gasteiger partial charge in [-0.1, -0.05) is 35.3 Å². The van der Waals surface area contributed by atoms with Crippen molar-refractivity contribution in [3.63, 3.8) is 0 Å². The fourth-order valence-electron chi connectivity index (χ4n) is 2.00. The second kappa shape index (κ2) is 6.32. The molecule has 0 aliphatic heterocycles. The standard InChI is InChI=1S/C16H11Cl2N3O2/c17-10-3-1-9(2-4-10)12-8-14(21-20-12)16(23)19-13-7-11(18)5-6-15(13)22/h1-8,22H,(H,19,23)(H,20,21). The summed E-state index contributed by atoms with van der Waals surface area (Å²) >= 11 is 11.7. The number of aromatic amines is 1. The van der Waals surface area contributed by atoms with E-state index in [0.717, 1.165) is 5.56 Å². The molecular formula is C16H11Cl2N3O2. The number of nitrogens with one attached hydrogen (secondary N) is 2. The van der Waals surface area contributed by atoms with E-state index in [4.69, 9.17) is 23.2 Å². The van der Waals surface area contributed by atoms with Crippen molar-refractivity contribution in [2.45, 2.75) is 0 Å². The molecule has 3 N–H and O–H groups in total. The van der Waals surface area contributed by atoms with Gasteiger partial charge in [0.1, 0.15) is 11.4 Å². The third-order valence-electron chi connectivity index (χ3n) is 3.17. The second-order valence-electron chi connectivity index (χ2n) is 4.79. The highest BCUT2D eigenvalue weighted by Gasteiger charge is 2.13. The van der Waals surface area contributed by atoms with Gasteiger partial charge in [-0.2, -0.15) is 5.10 Å². The number of rotatable bonds is 3. The Morgan fingerprint density at radius 2 is 1.74 bits per heavy atom. The molecule has 0 aliphatic carbocycles. The molecule has 0 atom stereocenters. The van der Waals surface area contributed by atoms with E-state index in [-0.39, 0.29) is 17.1 Å². The first-order chi connectivity index (χ1) is 11.0. The molecule has 3 aromatic rings. The van der Waals surface area contributed by atoms with Crippen LogP contribution in [0.2, 0.25) is 10.0 Å². The zero-order valence-electron chi connectivity index (χ0n) is 11.7. The molecule has 0 spiro atoms. The van der Waals surface area contributed by atoms with Gasteiger partial charge in [-0.15, -0.1) is 0 Å². The van der Waals surface area contributed by atoms with Crippen LogP contribution in [0.1, 0.15) is 10.5 Å². The molecule has 0 saturated heterocycles. The molecule has 7 heteroatoms. The van der Waals surface area contributed by atoms with E-state index in [1.807, 2.05) is 12.1 Å². The van der Waals surface area contributed by atoms with Crippen LogP contribution in [0, 0.1) is 0 Å². The Morgan fingerprint density at radius 1 is 1.04 bits per heavy atom. The van der Waals surface area contributed by atoms with Crippen LogP contribution in [-0.4, -0.2) is 21.2 Å². The number of aromatic nitrogens is 2. The molecule has 23 heavy (non-hydrogen) atoms. The molecule has 0 bridgehead atoms. The van der Waals surface area contributed by atoms with E-state index in [0.29, 0.717) is 15.7 Å². The van der Waals surface area contributed by atoms with E-state index in [1.54, 1.807) is 18.2 Å². The minimum atomic E-state index is -0.435. The number of carbonyl (C=O) groups is 1. The van der Waals surface area contributed by atoms with Gasteiger partial charge < -0.3 is 10.4 Å². The third kappa shape index (κ3) is 3.47. The van der Waals surface area contributed by atoms with Gasteiger partial charge in [-0.3, -0.25) is 9.89 Å². The van der Waals surface area contributed by atoms with Crippen LogP contribution >= 0.6 is 23.2 Å². The van der Waals surface area contributed by atoms with Crippen LogP contribution < -0.4 is 5.32 Å². The van der Waals surface area contributed by atoms with Gasteiger partial charge in [0.25, 0.3) is 5.91 Å². The number of carbonyl (C=O) groups excluding carboxylic acids is 1. The molecule has 2 aromatic carbocycles. The van der Waals surface area contributed by atoms with Crippen LogP contribution in [0.25, 0.3) is 11.3 Å². The lowest BCUT2D eigenvalue weighted by atomic mass is 10.1. The van der Waals surface area contributed by atoms with Gasteiger partial charge in [0.2, 0.25) is 0 Å². The predicted octanol–water partition coefficient (Wildman–Crippen LogP) is 4.34. The van der Waals surface area contributed by atoms with Crippen molar-refractivity contribution in [1.29, 1.82) is 0 Å². The van der Waals surface area contributed by atoms with E-state index in [2.05, 4.69) is 15.5 Å². The van der Waals surface area contributed by atoms with Gasteiger partial charge in [-0.25, -0.2) is 0 Å². The Kier molecular flexibility index (Phi) is 4.23. The maximum atomic E-state index is 12.2. The molecule has 1 amide bonds. The monoisotopic (exact) mass is 347 g/mol. The number of hydrogen-bond acceptors (Lipinski definition) is 3. The lowest BCUT2D eigenvalue weighted by Gasteiger charge is -2.06. The molecule has 0 fully saturated rings. The molecule has 0 radical (unpaired) electrons. The number of amides is 1. The second-order valence-corrected chi connectivity index (χ2v) is 5.66. The first-order valence-electron chi connectivity index (χ1n) is 6.64. The maximum absolute atomic E-state index is 12.2. The maximum Gasteiger partial charge on any atom is 0.273 e. The van der Waals surface area contributed by atoms with Crippen LogP contribution in [0.4, 0.5) is 5.69 Å². The highest BCUT2D eigenvalue weighted by Crippen LogP contribution is 2.27. The number of phenolic OH excluding ortho intramolecular Hbond substituents is 1. The summed E-state index contributed by atoms with van der Waals surface area (Å²) < 4.78 is 0. The number of halogens is 2. The molecule has 1 aromatic heterocycles. The minimum absolute atomic E-state index is 0.0693. The van der Waals surface area contributed by atoms with E-state index in [9.17, 15) is 9.90 Å². The summed E-state index contributed by atoms with van der Waals surface area (Å²) in [6, 6.07) is 13.1. The van der Waals surface area contributed by atoms with Gasteiger partial charge in [0, 0.05) is 15.6 Å². The Hall–Kier alpha value is -2.50. The summed E-state index contributed by atoms with van der Waals surface area (Å²) in [6.45, 7) is 0. The van der Waals surface area contributed by atoms with Crippen LogP contribution in [0.15, 0.2) is 48.5 Å². The highest BCUT2D eigenvalue weighted by molar-refractivity contribution is 6.31. The lowest BCUT2D eigenvalue weighted by Crippen LogP contribution is -2.12. The smallest absolute Gasteiger partial charge is 0.273 e. The number of anilines is 1. The molecule has 3 rings (SSSR count). The normalized spacial score (nSPS) is 10.5.